The standard InChI is InChI=1S/C12H12Cl2N2O2/c1-7(17)15-8-3-2-4-9(5-8)16-11(18)10-6-12(10,13)14/h2-5,10H,6H2,1H3,(H,15,17)(H,16,18). The van der Waals surface area contributed by atoms with E-state index in [4.69, 9.17) is 23.2 Å². The van der Waals surface area contributed by atoms with Crippen molar-refractivity contribution >= 4 is 46.4 Å². The third kappa shape index (κ3) is 3.15. The van der Waals surface area contributed by atoms with Gasteiger partial charge in [-0.1, -0.05) is 6.07 Å². The quantitative estimate of drug-likeness (QED) is 0.840. The van der Waals surface area contributed by atoms with Crippen LogP contribution >= 0.6 is 23.2 Å². The van der Waals surface area contributed by atoms with Crippen molar-refractivity contribution in [2.45, 2.75) is 17.7 Å². The molecule has 0 spiro atoms. The molecule has 0 radical (unpaired) electrons. The fraction of sp³-hybridized carbons (Fsp3) is 0.333. The molecule has 1 unspecified atom stereocenters. The Morgan fingerprint density at radius 3 is 2.33 bits per heavy atom. The van der Waals surface area contributed by atoms with Gasteiger partial charge in [-0.2, -0.15) is 0 Å². The lowest BCUT2D eigenvalue weighted by Crippen LogP contribution is -2.17. The Morgan fingerprint density at radius 1 is 1.28 bits per heavy atom. The summed E-state index contributed by atoms with van der Waals surface area (Å²) in [6.45, 7) is 1.42. The average molecular weight is 287 g/mol. The number of halogens is 2. The van der Waals surface area contributed by atoms with E-state index in [9.17, 15) is 9.59 Å². The summed E-state index contributed by atoms with van der Waals surface area (Å²) in [5.41, 5.74) is 1.22. The highest BCUT2D eigenvalue weighted by atomic mass is 35.5. The summed E-state index contributed by atoms with van der Waals surface area (Å²) < 4.78 is -0.931. The predicted molar refractivity (Wildman–Crippen MR) is 71.9 cm³/mol. The van der Waals surface area contributed by atoms with E-state index in [-0.39, 0.29) is 17.7 Å². The Kier molecular flexibility index (Phi) is 3.50. The van der Waals surface area contributed by atoms with Crippen molar-refractivity contribution in [1.29, 1.82) is 0 Å². The third-order valence-electron chi connectivity index (χ3n) is 2.59. The summed E-state index contributed by atoms with van der Waals surface area (Å²) in [4.78, 5) is 22.7. The highest BCUT2D eigenvalue weighted by molar-refractivity contribution is 6.52. The van der Waals surface area contributed by atoms with E-state index < -0.39 is 4.33 Å². The van der Waals surface area contributed by atoms with Gasteiger partial charge in [-0.05, 0) is 24.6 Å². The molecule has 6 heteroatoms. The van der Waals surface area contributed by atoms with Crippen LogP contribution in [0.15, 0.2) is 24.3 Å². The van der Waals surface area contributed by atoms with Crippen LogP contribution in [0.25, 0.3) is 0 Å². The molecule has 1 aromatic carbocycles. The second-order valence-corrected chi connectivity index (χ2v) is 5.81. The summed E-state index contributed by atoms with van der Waals surface area (Å²) in [6.07, 6.45) is 0.466. The van der Waals surface area contributed by atoms with Crippen LogP contribution < -0.4 is 10.6 Å². The number of carbonyl (C=O) groups is 2. The monoisotopic (exact) mass is 286 g/mol. The van der Waals surface area contributed by atoms with Crippen molar-refractivity contribution in [3.8, 4) is 0 Å². The van der Waals surface area contributed by atoms with Crippen LogP contribution in [0.2, 0.25) is 0 Å². The largest absolute Gasteiger partial charge is 0.326 e. The number of hydrogen-bond donors (Lipinski definition) is 2. The van der Waals surface area contributed by atoms with Gasteiger partial charge in [-0.15, -0.1) is 23.2 Å². The van der Waals surface area contributed by atoms with Crippen molar-refractivity contribution in [1.82, 2.24) is 0 Å². The first-order valence-corrected chi connectivity index (χ1v) is 6.20. The van der Waals surface area contributed by atoms with Crippen molar-refractivity contribution in [3.05, 3.63) is 24.3 Å². The maximum Gasteiger partial charge on any atom is 0.230 e. The maximum atomic E-state index is 11.8. The smallest absolute Gasteiger partial charge is 0.230 e. The van der Waals surface area contributed by atoms with Gasteiger partial charge in [-0.25, -0.2) is 0 Å². The van der Waals surface area contributed by atoms with E-state index in [0.717, 1.165) is 0 Å². The van der Waals surface area contributed by atoms with Gasteiger partial charge in [0.05, 0.1) is 5.92 Å². The number of amides is 2. The first-order valence-electron chi connectivity index (χ1n) is 5.45. The number of hydrogen-bond acceptors (Lipinski definition) is 2. The lowest BCUT2D eigenvalue weighted by atomic mass is 10.2. The second kappa shape index (κ2) is 4.78. The minimum Gasteiger partial charge on any atom is -0.326 e. The van der Waals surface area contributed by atoms with Gasteiger partial charge in [0, 0.05) is 18.3 Å². The average Bonchev–Trinajstić information content (AvgIpc) is 2.87. The van der Waals surface area contributed by atoms with Gasteiger partial charge >= 0.3 is 0 Å². The zero-order chi connectivity index (χ0) is 13.3. The topological polar surface area (TPSA) is 58.2 Å². The van der Waals surface area contributed by atoms with Gasteiger partial charge in [0.15, 0.2) is 0 Å². The number of benzene rings is 1. The van der Waals surface area contributed by atoms with Gasteiger partial charge in [0.2, 0.25) is 11.8 Å². The highest BCUT2D eigenvalue weighted by Crippen LogP contribution is 2.53. The van der Waals surface area contributed by atoms with Crippen LogP contribution in [-0.2, 0) is 9.59 Å². The predicted octanol–water partition coefficient (Wildman–Crippen LogP) is 2.78. The minimum absolute atomic E-state index is 0.166. The highest BCUT2D eigenvalue weighted by Gasteiger charge is 2.56. The molecule has 1 aliphatic carbocycles. The molecule has 18 heavy (non-hydrogen) atoms. The molecule has 4 nitrogen and oxygen atoms in total. The van der Waals surface area contributed by atoms with E-state index in [1.165, 1.54) is 6.92 Å². The zero-order valence-corrected chi connectivity index (χ0v) is 11.2. The van der Waals surface area contributed by atoms with Crippen molar-refractivity contribution in [2.75, 3.05) is 10.6 Å². The lowest BCUT2D eigenvalue weighted by molar-refractivity contribution is -0.117. The number of alkyl halides is 2. The van der Waals surface area contributed by atoms with Crippen LogP contribution in [0, 0.1) is 5.92 Å². The molecule has 1 aromatic rings. The molecular formula is C12H12Cl2N2O2. The molecule has 1 atom stereocenters. The third-order valence-corrected chi connectivity index (χ3v) is 3.43. The molecule has 2 amide bonds. The maximum absolute atomic E-state index is 11.8. The summed E-state index contributed by atoms with van der Waals surface area (Å²) in [6, 6.07) is 6.88. The first-order chi connectivity index (χ1) is 8.38. The molecule has 0 heterocycles. The Morgan fingerprint density at radius 2 is 1.83 bits per heavy atom. The minimum atomic E-state index is -0.931. The van der Waals surface area contributed by atoms with Crippen LogP contribution in [0.5, 0.6) is 0 Å². The molecule has 0 aliphatic heterocycles. The van der Waals surface area contributed by atoms with Gasteiger partial charge in [0.25, 0.3) is 0 Å². The van der Waals surface area contributed by atoms with Crippen molar-refractivity contribution in [3.63, 3.8) is 0 Å². The van der Waals surface area contributed by atoms with E-state index in [1.807, 2.05) is 0 Å². The Hall–Kier alpha value is -1.26. The summed E-state index contributed by atoms with van der Waals surface area (Å²) >= 11 is 11.6. The Labute approximate surface area is 115 Å². The molecule has 96 valence electrons. The van der Waals surface area contributed by atoms with Crippen LogP contribution in [0.1, 0.15) is 13.3 Å². The molecule has 0 aromatic heterocycles. The Bertz CT molecular complexity index is 503. The zero-order valence-electron chi connectivity index (χ0n) is 9.67. The number of nitrogens with one attached hydrogen (secondary N) is 2. The summed E-state index contributed by atoms with van der Waals surface area (Å²) in [7, 11) is 0. The van der Waals surface area contributed by atoms with Crippen molar-refractivity contribution < 1.29 is 9.59 Å². The molecular weight excluding hydrogens is 275 g/mol. The number of anilines is 2. The fourth-order valence-corrected chi connectivity index (χ4v) is 2.11. The second-order valence-electron chi connectivity index (χ2n) is 4.27. The molecule has 2 N–H and O–H groups in total. The van der Waals surface area contributed by atoms with Crippen LogP contribution in [0.3, 0.4) is 0 Å². The Balaban J connectivity index is 2.01. The van der Waals surface area contributed by atoms with Crippen LogP contribution in [-0.4, -0.2) is 16.1 Å². The molecule has 1 aliphatic rings. The SMILES string of the molecule is CC(=O)Nc1cccc(NC(=O)C2CC2(Cl)Cl)c1. The van der Waals surface area contributed by atoms with E-state index >= 15 is 0 Å². The molecule has 0 bridgehead atoms. The summed E-state index contributed by atoms with van der Waals surface area (Å²) in [5.74, 6) is -0.744. The fourth-order valence-electron chi connectivity index (χ4n) is 1.61. The molecule has 0 saturated heterocycles. The summed E-state index contributed by atoms with van der Waals surface area (Å²) in [5, 5.41) is 5.35. The first kappa shape index (κ1) is 13.2. The molecule has 2 rings (SSSR count). The lowest BCUT2D eigenvalue weighted by Gasteiger charge is -2.07. The van der Waals surface area contributed by atoms with Gasteiger partial charge in [-0.3, -0.25) is 9.59 Å². The van der Waals surface area contributed by atoms with E-state index in [2.05, 4.69) is 10.6 Å². The van der Waals surface area contributed by atoms with Gasteiger partial charge < -0.3 is 10.6 Å². The normalized spacial score (nSPS) is 20.1. The number of rotatable bonds is 3. The van der Waals surface area contributed by atoms with E-state index in [1.54, 1.807) is 24.3 Å². The number of carbonyl (C=O) groups excluding carboxylic acids is 2. The molecule has 1 saturated carbocycles. The van der Waals surface area contributed by atoms with E-state index in [0.29, 0.717) is 17.8 Å². The van der Waals surface area contributed by atoms with Crippen LogP contribution in [0.4, 0.5) is 11.4 Å². The van der Waals surface area contributed by atoms with Crippen molar-refractivity contribution in [2.24, 2.45) is 5.92 Å². The molecule has 1 fully saturated rings. The van der Waals surface area contributed by atoms with Gasteiger partial charge in [0.1, 0.15) is 4.33 Å².